The van der Waals surface area contributed by atoms with Crippen LogP contribution in [-0.4, -0.2) is 20.0 Å². The third-order valence-corrected chi connectivity index (χ3v) is 6.66. The number of rotatable bonds is 7. The van der Waals surface area contributed by atoms with Crippen molar-refractivity contribution in [3.05, 3.63) is 83.9 Å². The number of aromatic nitrogens is 1. The summed E-state index contributed by atoms with van der Waals surface area (Å²) >= 11 is 0. The lowest BCUT2D eigenvalue weighted by molar-refractivity contribution is 0.340. The van der Waals surface area contributed by atoms with Crippen LogP contribution in [0.15, 0.2) is 87.1 Å². The summed E-state index contributed by atoms with van der Waals surface area (Å²) in [6.07, 6.45) is 0. The Kier molecular flexibility index (Phi) is 6.01. The van der Waals surface area contributed by atoms with E-state index in [1.807, 2.05) is 45.0 Å². The Bertz CT molecular complexity index is 1330. The molecule has 0 aliphatic rings. The van der Waals surface area contributed by atoms with Crippen molar-refractivity contribution < 1.29 is 17.6 Å². The van der Waals surface area contributed by atoms with E-state index in [0.29, 0.717) is 12.3 Å². The van der Waals surface area contributed by atoms with Crippen LogP contribution in [0.2, 0.25) is 0 Å². The normalized spacial score (nSPS) is 11.3. The molecule has 0 radical (unpaired) electrons. The van der Waals surface area contributed by atoms with Gasteiger partial charge in [-0.1, -0.05) is 35.9 Å². The lowest BCUT2D eigenvalue weighted by Crippen LogP contribution is -2.05. The molecular formula is C25H24N2O4S. The number of hydrogen-bond acceptors (Lipinski definition) is 6. The predicted octanol–water partition coefficient (Wildman–Crippen LogP) is 5.93. The van der Waals surface area contributed by atoms with E-state index in [1.54, 1.807) is 48.5 Å². The summed E-state index contributed by atoms with van der Waals surface area (Å²) in [5.74, 6) is 1.03. The van der Waals surface area contributed by atoms with Gasteiger partial charge in [-0.15, -0.1) is 0 Å². The fourth-order valence-electron chi connectivity index (χ4n) is 3.26. The molecule has 1 heterocycles. The number of hydrogen-bond donors (Lipinski definition) is 1. The summed E-state index contributed by atoms with van der Waals surface area (Å²) < 4.78 is 38.3. The lowest BCUT2D eigenvalue weighted by atomic mass is 10.1. The van der Waals surface area contributed by atoms with E-state index >= 15 is 0 Å². The van der Waals surface area contributed by atoms with Crippen LogP contribution in [0.1, 0.15) is 18.1 Å². The molecule has 6 nitrogen and oxygen atoms in total. The van der Waals surface area contributed by atoms with Gasteiger partial charge < -0.3 is 14.5 Å². The molecule has 164 valence electrons. The van der Waals surface area contributed by atoms with Crippen LogP contribution in [0.25, 0.3) is 11.5 Å². The molecule has 0 saturated carbocycles. The summed E-state index contributed by atoms with van der Waals surface area (Å²) in [4.78, 5) is 4.57. The highest BCUT2D eigenvalue weighted by molar-refractivity contribution is 7.91. The van der Waals surface area contributed by atoms with Crippen LogP contribution < -0.4 is 10.1 Å². The van der Waals surface area contributed by atoms with Crippen molar-refractivity contribution in [1.82, 2.24) is 4.98 Å². The second kappa shape index (κ2) is 8.88. The number of aryl methyl sites for hydroxylation is 2. The van der Waals surface area contributed by atoms with Gasteiger partial charge in [0.05, 0.1) is 11.5 Å². The van der Waals surface area contributed by atoms with Crippen LogP contribution in [0.3, 0.4) is 0 Å². The summed E-state index contributed by atoms with van der Waals surface area (Å²) in [7, 11) is -3.92. The molecule has 4 aromatic rings. The zero-order valence-corrected chi connectivity index (χ0v) is 18.9. The molecule has 0 atom stereocenters. The van der Waals surface area contributed by atoms with Gasteiger partial charge in [-0.3, -0.25) is 0 Å². The number of sulfone groups is 1. The van der Waals surface area contributed by atoms with Crippen LogP contribution in [0.5, 0.6) is 5.75 Å². The summed E-state index contributed by atoms with van der Waals surface area (Å²) in [5.41, 5.74) is 3.28. The summed E-state index contributed by atoms with van der Waals surface area (Å²) in [5, 5.41) is 2.92. The van der Waals surface area contributed by atoms with Crippen molar-refractivity contribution in [2.24, 2.45) is 0 Å². The monoisotopic (exact) mass is 448 g/mol. The number of benzene rings is 3. The maximum Gasteiger partial charge on any atom is 0.238 e. The Morgan fingerprint density at radius 1 is 0.938 bits per heavy atom. The lowest BCUT2D eigenvalue weighted by Gasteiger charge is -2.08. The number of ether oxygens (including phenoxy) is 1. The van der Waals surface area contributed by atoms with Gasteiger partial charge in [0.25, 0.3) is 0 Å². The first-order valence-electron chi connectivity index (χ1n) is 10.3. The number of nitrogens with one attached hydrogen (secondary N) is 1. The first kappa shape index (κ1) is 21.6. The van der Waals surface area contributed by atoms with Crippen LogP contribution >= 0.6 is 0 Å². The predicted molar refractivity (Wildman–Crippen MR) is 124 cm³/mol. The van der Waals surface area contributed by atoms with Gasteiger partial charge in [0.1, 0.15) is 5.75 Å². The second-order valence-corrected chi connectivity index (χ2v) is 9.23. The van der Waals surface area contributed by atoms with Crippen LogP contribution in [-0.2, 0) is 9.84 Å². The molecule has 0 bridgehead atoms. The van der Waals surface area contributed by atoms with E-state index in [4.69, 9.17) is 9.15 Å². The average Bonchev–Trinajstić information content (AvgIpc) is 3.20. The van der Waals surface area contributed by atoms with Crippen LogP contribution in [0.4, 0.5) is 11.6 Å². The minimum Gasteiger partial charge on any atom is -0.494 e. The molecule has 32 heavy (non-hydrogen) atoms. The van der Waals surface area contributed by atoms with Gasteiger partial charge in [-0.25, -0.2) is 8.42 Å². The Morgan fingerprint density at radius 3 is 2.28 bits per heavy atom. The minimum atomic E-state index is -3.92. The molecule has 0 amide bonds. The van der Waals surface area contributed by atoms with E-state index in [0.717, 1.165) is 22.4 Å². The molecule has 7 heteroatoms. The molecule has 0 spiro atoms. The van der Waals surface area contributed by atoms with E-state index in [-0.39, 0.29) is 21.7 Å². The highest BCUT2D eigenvalue weighted by Gasteiger charge is 2.29. The Labute approximate surface area is 187 Å². The van der Waals surface area contributed by atoms with E-state index in [1.165, 1.54) is 0 Å². The van der Waals surface area contributed by atoms with Gasteiger partial charge in [-0.05, 0) is 68.8 Å². The third-order valence-electron chi connectivity index (χ3n) is 4.98. The maximum atomic E-state index is 13.4. The largest absolute Gasteiger partial charge is 0.494 e. The van der Waals surface area contributed by atoms with Crippen molar-refractivity contribution in [3.63, 3.8) is 0 Å². The molecule has 1 N–H and O–H groups in total. The third kappa shape index (κ3) is 4.38. The second-order valence-electron chi connectivity index (χ2n) is 7.37. The molecule has 1 aromatic heterocycles. The van der Waals surface area contributed by atoms with E-state index < -0.39 is 9.84 Å². The van der Waals surface area contributed by atoms with E-state index in [2.05, 4.69) is 10.3 Å². The minimum absolute atomic E-state index is 0.0630. The summed E-state index contributed by atoms with van der Waals surface area (Å²) in [6, 6.07) is 21.4. The van der Waals surface area contributed by atoms with Gasteiger partial charge in [-0.2, -0.15) is 4.98 Å². The fraction of sp³-hybridized carbons (Fsp3) is 0.160. The Balaban J connectivity index is 1.80. The van der Waals surface area contributed by atoms with Crippen molar-refractivity contribution in [3.8, 4) is 17.2 Å². The summed E-state index contributed by atoms with van der Waals surface area (Å²) in [6.45, 7) is 6.30. The molecule has 3 aromatic carbocycles. The molecule has 0 saturated heterocycles. The zero-order chi connectivity index (χ0) is 22.7. The van der Waals surface area contributed by atoms with Gasteiger partial charge >= 0.3 is 0 Å². The topological polar surface area (TPSA) is 81.4 Å². The van der Waals surface area contributed by atoms with Gasteiger partial charge in [0, 0.05) is 11.3 Å². The molecular weight excluding hydrogens is 424 g/mol. The van der Waals surface area contributed by atoms with Gasteiger partial charge in [0.2, 0.25) is 26.6 Å². The Morgan fingerprint density at radius 2 is 1.62 bits per heavy atom. The van der Waals surface area contributed by atoms with E-state index in [9.17, 15) is 8.42 Å². The highest BCUT2D eigenvalue weighted by Crippen LogP contribution is 2.35. The zero-order valence-electron chi connectivity index (χ0n) is 18.1. The molecule has 4 rings (SSSR count). The van der Waals surface area contributed by atoms with Gasteiger partial charge in [0.15, 0.2) is 0 Å². The quantitative estimate of drug-likeness (QED) is 0.377. The standard InChI is InChI=1S/C25H24N2O4S/c1-4-30-20-13-11-19(12-14-20)26-24-25(32(28,29)21-15-9-17(2)10-16-21)27-23(31-24)22-8-6-5-7-18(22)3/h5-16,26H,4H2,1-3H3. The SMILES string of the molecule is CCOc1ccc(Nc2oc(-c3ccccc3C)nc2S(=O)(=O)c2ccc(C)cc2)cc1. The number of nitrogens with zero attached hydrogens (tertiary/aromatic N) is 1. The highest BCUT2D eigenvalue weighted by atomic mass is 32.2. The molecule has 0 unspecified atom stereocenters. The van der Waals surface area contributed by atoms with Crippen molar-refractivity contribution in [1.29, 1.82) is 0 Å². The van der Waals surface area contributed by atoms with Crippen molar-refractivity contribution in [2.75, 3.05) is 11.9 Å². The van der Waals surface area contributed by atoms with Crippen LogP contribution in [0, 0.1) is 13.8 Å². The maximum absolute atomic E-state index is 13.4. The molecule has 0 aliphatic heterocycles. The number of oxazole rings is 1. The first-order valence-corrected chi connectivity index (χ1v) is 11.8. The fourth-order valence-corrected chi connectivity index (χ4v) is 4.51. The Hall–Kier alpha value is -3.58. The van der Waals surface area contributed by atoms with Crippen molar-refractivity contribution >= 4 is 21.4 Å². The first-order chi connectivity index (χ1) is 15.4. The van der Waals surface area contributed by atoms with Crippen molar-refractivity contribution in [2.45, 2.75) is 30.7 Å². The molecule has 0 fully saturated rings. The molecule has 0 aliphatic carbocycles. The number of anilines is 2. The average molecular weight is 449 g/mol. The smallest absolute Gasteiger partial charge is 0.238 e.